The van der Waals surface area contributed by atoms with E-state index < -0.39 is 5.54 Å². The minimum absolute atomic E-state index is 0.127. The summed E-state index contributed by atoms with van der Waals surface area (Å²) in [7, 11) is 0. The van der Waals surface area contributed by atoms with E-state index in [1.807, 2.05) is 13.8 Å². The summed E-state index contributed by atoms with van der Waals surface area (Å²) in [5.74, 6) is 1.41. The van der Waals surface area contributed by atoms with Crippen LogP contribution in [0.4, 0.5) is 4.79 Å². The van der Waals surface area contributed by atoms with E-state index in [1.165, 1.54) is 0 Å². The van der Waals surface area contributed by atoms with Gasteiger partial charge in [0.1, 0.15) is 5.54 Å². The monoisotopic (exact) mass is 300 g/mol. The minimum Gasteiger partial charge on any atom is -0.461 e. The SMILES string of the molecule is CC(C)OC(=O)C1(NC(=O)N2CCSC2)CCCCC1. The van der Waals surface area contributed by atoms with Crippen molar-refractivity contribution < 1.29 is 14.3 Å². The standard InChI is InChI=1S/C14H24N2O3S/c1-11(2)19-12(17)14(6-4-3-5-7-14)15-13(18)16-8-9-20-10-16/h11H,3-10H2,1-2H3,(H,15,18). The Hall–Kier alpha value is -0.910. The molecule has 0 atom stereocenters. The number of urea groups is 1. The molecule has 0 bridgehead atoms. The molecule has 0 aromatic carbocycles. The second-order valence-electron chi connectivity index (χ2n) is 5.83. The topological polar surface area (TPSA) is 58.6 Å². The molecule has 1 heterocycles. The highest BCUT2D eigenvalue weighted by Gasteiger charge is 2.43. The summed E-state index contributed by atoms with van der Waals surface area (Å²) in [5, 5.41) is 2.98. The Kier molecular flexibility index (Phi) is 5.18. The second-order valence-corrected chi connectivity index (χ2v) is 6.90. The zero-order valence-electron chi connectivity index (χ0n) is 12.3. The van der Waals surface area contributed by atoms with Gasteiger partial charge in [-0.15, -0.1) is 11.8 Å². The van der Waals surface area contributed by atoms with Gasteiger partial charge in [-0.25, -0.2) is 9.59 Å². The molecule has 0 unspecified atom stereocenters. The third-order valence-corrected chi connectivity index (χ3v) is 4.79. The largest absolute Gasteiger partial charge is 0.461 e. The van der Waals surface area contributed by atoms with E-state index in [1.54, 1.807) is 16.7 Å². The highest BCUT2D eigenvalue weighted by Crippen LogP contribution is 2.30. The number of amides is 2. The zero-order chi connectivity index (χ0) is 14.6. The van der Waals surface area contributed by atoms with Crippen molar-refractivity contribution in [2.45, 2.75) is 57.6 Å². The normalized spacial score (nSPS) is 21.9. The molecule has 2 amide bonds. The van der Waals surface area contributed by atoms with Crippen molar-refractivity contribution in [2.24, 2.45) is 0 Å². The van der Waals surface area contributed by atoms with E-state index in [9.17, 15) is 9.59 Å². The number of hydrogen-bond acceptors (Lipinski definition) is 4. The van der Waals surface area contributed by atoms with Crippen LogP contribution >= 0.6 is 11.8 Å². The second kappa shape index (κ2) is 6.70. The van der Waals surface area contributed by atoms with Crippen LogP contribution in [0.15, 0.2) is 0 Å². The minimum atomic E-state index is -0.813. The van der Waals surface area contributed by atoms with Gasteiger partial charge < -0.3 is 15.0 Å². The van der Waals surface area contributed by atoms with E-state index in [0.717, 1.165) is 31.6 Å². The van der Waals surface area contributed by atoms with E-state index in [0.29, 0.717) is 18.7 Å². The highest BCUT2D eigenvalue weighted by molar-refractivity contribution is 7.99. The molecule has 0 aromatic rings. The van der Waals surface area contributed by atoms with Crippen LogP contribution in [-0.2, 0) is 9.53 Å². The lowest BCUT2D eigenvalue weighted by Gasteiger charge is -2.37. The molecule has 2 aliphatic rings. The summed E-state index contributed by atoms with van der Waals surface area (Å²) in [4.78, 5) is 26.5. The van der Waals surface area contributed by atoms with Crippen LogP contribution in [0.5, 0.6) is 0 Å². The number of thioether (sulfide) groups is 1. The van der Waals surface area contributed by atoms with Gasteiger partial charge in [0.05, 0.1) is 12.0 Å². The third kappa shape index (κ3) is 3.59. The van der Waals surface area contributed by atoms with E-state index in [-0.39, 0.29) is 18.1 Å². The van der Waals surface area contributed by atoms with Crippen LogP contribution < -0.4 is 5.32 Å². The average Bonchev–Trinajstić information content (AvgIpc) is 2.93. The van der Waals surface area contributed by atoms with Crippen LogP contribution in [0.25, 0.3) is 0 Å². The molecule has 20 heavy (non-hydrogen) atoms. The van der Waals surface area contributed by atoms with Crippen LogP contribution in [0, 0.1) is 0 Å². The van der Waals surface area contributed by atoms with Gasteiger partial charge in [-0.05, 0) is 26.7 Å². The molecule has 1 saturated carbocycles. The lowest BCUT2D eigenvalue weighted by atomic mass is 9.81. The van der Waals surface area contributed by atoms with E-state index >= 15 is 0 Å². The zero-order valence-corrected chi connectivity index (χ0v) is 13.1. The smallest absolute Gasteiger partial charge is 0.332 e. The number of nitrogens with zero attached hydrogens (tertiary/aromatic N) is 1. The van der Waals surface area contributed by atoms with Crippen LogP contribution in [0.3, 0.4) is 0 Å². The van der Waals surface area contributed by atoms with Crippen molar-refractivity contribution in [3.8, 4) is 0 Å². The van der Waals surface area contributed by atoms with Gasteiger partial charge in [0.25, 0.3) is 0 Å². The first-order chi connectivity index (χ1) is 9.53. The third-order valence-electron chi connectivity index (χ3n) is 3.83. The van der Waals surface area contributed by atoms with Crippen LogP contribution in [-0.4, -0.2) is 46.7 Å². The van der Waals surface area contributed by atoms with Gasteiger partial charge in [0.15, 0.2) is 0 Å². The molecule has 1 aliphatic heterocycles. The number of esters is 1. The van der Waals surface area contributed by atoms with Crippen molar-refractivity contribution in [1.82, 2.24) is 10.2 Å². The number of rotatable bonds is 3. The maximum absolute atomic E-state index is 12.4. The first kappa shape index (κ1) is 15.5. The maximum atomic E-state index is 12.4. The predicted molar refractivity (Wildman–Crippen MR) is 79.6 cm³/mol. The summed E-state index contributed by atoms with van der Waals surface area (Å²) in [6.45, 7) is 4.44. The maximum Gasteiger partial charge on any atom is 0.332 e. The molecule has 1 N–H and O–H groups in total. The Labute approximate surface area is 124 Å². The number of carbonyl (C=O) groups excluding carboxylic acids is 2. The molecule has 0 spiro atoms. The lowest BCUT2D eigenvalue weighted by Crippen LogP contribution is -2.59. The number of carbonyl (C=O) groups is 2. The number of hydrogen-bond donors (Lipinski definition) is 1. The Morgan fingerprint density at radius 1 is 1.25 bits per heavy atom. The molecule has 114 valence electrons. The van der Waals surface area contributed by atoms with E-state index in [4.69, 9.17) is 4.74 Å². The fraction of sp³-hybridized carbons (Fsp3) is 0.857. The molecule has 2 fully saturated rings. The predicted octanol–water partition coefficient (Wildman–Crippen LogP) is 2.36. The van der Waals surface area contributed by atoms with Gasteiger partial charge >= 0.3 is 12.0 Å². The van der Waals surface area contributed by atoms with Gasteiger partial charge in [-0.2, -0.15) is 0 Å². The Balaban J connectivity index is 2.05. The van der Waals surface area contributed by atoms with Crippen LogP contribution in [0.2, 0.25) is 0 Å². The number of nitrogens with one attached hydrogen (secondary N) is 1. The molecule has 1 saturated heterocycles. The first-order valence-electron chi connectivity index (χ1n) is 7.39. The summed E-state index contributed by atoms with van der Waals surface area (Å²) >= 11 is 1.74. The molecule has 5 nitrogen and oxygen atoms in total. The molecule has 1 aliphatic carbocycles. The van der Waals surface area contributed by atoms with Crippen molar-refractivity contribution >= 4 is 23.8 Å². The average molecular weight is 300 g/mol. The van der Waals surface area contributed by atoms with Gasteiger partial charge in [0.2, 0.25) is 0 Å². The summed E-state index contributed by atoms with van der Waals surface area (Å²) in [6.07, 6.45) is 4.26. The Morgan fingerprint density at radius 2 is 1.95 bits per heavy atom. The highest BCUT2D eigenvalue weighted by atomic mass is 32.2. The summed E-state index contributed by atoms with van der Waals surface area (Å²) in [6, 6.07) is -0.127. The lowest BCUT2D eigenvalue weighted by molar-refractivity contribution is -0.156. The molecule has 2 rings (SSSR count). The molecule has 6 heteroatoms. The number of ether oxygens (including phenoxy) is 1. The van der Waals surface area contributed by atoms with Gasteiger partial charge in [-0.3, -0.25) is 0 Å². The summed E-state index contributed by atoms with van der Waals surface area (Å²) in [5.41, 5.74) is -0.813. The Bertz CT molecular complexity index is 361. The van der Waals surface area contributed by atoms with Crippen LogP contribution in [0.1, 0.15) is 46.0 Å². The first-order valence-corrected chi connectivity index (χ1v) is 8.55. The molecular formula is C14H24N2O3S. The van der Waals surface area contributed by atoms with Crippen molar-refractivity contribution in [1.29, 1.82) is 0 Å². The molecular weight excluding hydrogens is 276 g/mol. The van der Waals surface area contributed by atoms with Crippen molar-refractivity contribution in [2.75, 3.05) is 18.2 Å². The van der Waals surface area contributed by atoms with Gasteiger partial charge in [-0.1, -0.05) is 19.3 Å². The van der Waals surface area contributed by atoms with Crippen molar-refractivity contribution in [3.05, 3.63) is 0 Å². The van der Waals surface area contributed by atoms with Gasteiger partial charge in [0, 0.05) is 12.3 Å². The quantitative estimate of drug-likeness (QED) is 0.813. The molecule has 0 aromatic heterocycles. The summed E-state index contributed by atoms with van der Waals surface area (Å²) < 4.78 is 5.38. The van der Waals surface area contributed by atoms with E-state index in [2.05, 4.69) is 5.32 Å². The Morgan fingerprint density at radius 3 is 2.50 bits per heavy atom. The van der Waals surface area contributed by atoms with Crippen molar-refractivity contribution in [3.63, 3.8) is 0 Å². The molecule has 0 radical (unpaired) electrons. The fourth-order valence-corrected chi connectivity index (χ4v) is 3.67. The fourth-order valence-electron chi connectivity index (χ4n) is 2.72.